The lowest BCUT2D eigenvalue weighted by Gasteiger charge is -2.10. The quantitative estimate of drug-likeness (QED) is 0.568. The molecular formula is C12H13N5O2. The smallest absolute Gasteiger partial charge is 0.224 e. The lowest BCUT2D eigenvalue weighted by Crippen LogP contribution is -2.09. The Labute approximate surface area is 109 Å². The van der Waals surface area contributed by atoms with Crippen molar-refractivity contribution in [1.82, 2.24) is 9.97 Å². The molecule has 4 N–H and O–H groups in total. The molecule has 2 rings (SSSR count). The number of hydrogen-bond acceptors (Lipinski definition) is 6. The number of benzene rings is 1. The number of ether oxygens (including phenoxy) is 1. The first-order valence-electron chi connectivity index (χ1n) is 5.52. The van der Waals surface area contributed by atoms with E-state index >= 15 is 0 Å². The average Bonchev–Trinajstić information content (AvgIpc) is 2.41. The molecule has 2 aromatic rings. The van der Waals surface area contributed by atoms with Gasteiger partial charge in [0.15, 0.2) is 5.75 Å². The van der Waals surface area contributed by atoms with E-state index in [0.717, 1.165) is 0 Å². The minimum atomic E-state index is -0.178. The van der Waals surface area contributed by atoms with Crippen LogP contribution in [0.25, 0.3) is 0 Å². The SMILES string of the molecule is CC(=O)Nc1ccccc1Oc1cc(NN)ncn1. The van der Waals surface area contributed by atoms with E-state index in [4.69, 9.17) is 10.6 Å². The van der Waals surface area contributed by atoms with Crippen LogP contribution in [-0.4, -0.2) is 15.9 Å². The van der Waals surface area contributed by atoms with E-state index in [9.17, 15) is 4.79 Å². The maximum Gasteiger partial charge on any atom is 0.224 e. The number of para-hydroxylation sites is 2. The van der Waals surface area contributed by atoms with Gasteiger partial charge in [-0.25, -0.2) is 15.8 Å². The summed E-state index contributed by atoms with van der Waals surface area (Å²) < 4.78 is 5.59. The molecule has 7 nitrogen and oxygen atoms in total. The first-order valence-corrected chi connectivity index (χ1v) is 5.52. The minimum absolute atomic E-state index is 0.178. The summed E-state index contributed by atoms with van der Waals surface area (Å²) >= 11 is 0. The van der Waals surface area contributed by atoms with Gasteiger partial charge in [0.25, 0.3) is 0 Å². The van der Waals surface area contributed by atoms with Gasteiger partial charge in [0.2, 0.25) is 11.8 Å². The summed E-state index contributed by atoms with van der Waals surface area (Å²) in [5.74, 6) is 6.32. The lowest BCUT2D eigenvalue weighted by molar-refractivity contribution is -0.114. The van der Waals surface area contributed by atoms with Gasteiger partial charge in [-0.3, -0.25) is 4.79 Å². The van der Waals surface area contributed by atoms with E-state index in [1.165, 1.54) is 13.3 Å². The van der Waals surface area contributed by atoms with Gasteiger partial charge in [-0.05, 0) is 12.1 Å². The third-order valence-electron chi connectivity index (χ3n) is 2.20. The van der Waals surface area contributed by atoms with Crippen LogP contribution in [0.4, 0.5) is 11.5 Å². The van der Waals surface area contributed by atoms with Crippen molar-refractivity contribution in [2.75, 3.05) is 10.7 Å². The van der Waals surface area contributed by atoms with E-state index in [1.807, 2.05) is 0 Å². The van der Waals surface area contributed by atoms with E-state index in [1.54, 1.807) is 30.3 Å². The molecule has 0 radical (unpaired) electrons. The summed E-state index contributed by atoms with van der Waals surface area (Å²) in [6, 6.07) is 8.60. The van der Waals surface area contributed by atoms with Gasteiger partial charge in [-0.2, -0.15) is 0 Å². The molecule has 0 fully saturated rings. The molecule has 1 aromatic heterocycles. The molecular weight excluding hydrogens is 246 g/mol. The fourth-order valence-electron chi connectivity index (χ4n) is 1.44. The number of carbonyl (C=O) groups excluding carboxylic acids is 1. The molecule has 0 spiro atoms. The Morgan fingerprint density at radius 3 is 2.84 bits per heavy atom. The average molecular weight is 259 g/mol. The molecule has 0 saturated carbocycles. The summed E-state index contributed by atoms with van der Waals surface area (Å²) in [7, 11) is 0. The summed E-state index contributed by atoms with van der Waals surface area (Å²) in [5, 5.41) is 2.67. The fourth-order valence-corrected chi connectivity index (χ4v) is 1.44. The predicted octanol–water partition coefficient (Wildman–Crippen LogP) is 1.51. The Hall–Kier alpha value is -2.67. The first kappa shape index (κ1) is 12.8. The maximum atomic E-state index is 11.1. The summed E-state index contributed by atoms with van der Waals surface area (Å²) in [6.07, 6.45) is 1.32. The number of nitrogens with two attached hydrogens (primary N) is 1. The number of amides is 1. The second kappa shape index (κ2) is 5.78. The van der Waals surface area contributed by atoms with Crippen LogP contribution >= 0.6 is 0 Å². The highest BCUT2D eigenvalue weighted by Crippen LogP contribution is 2.28. The molecule has 0 aliphatic heterocycles. The van der Waals surface area contributed by atoms with E-state index in [2.05, 4.69) is 20.7 Å². The third-order valence-corrected chi connectivity index (χ3v) is 2.20. The van der Waals surface area contributed by atoms with Crippen LogP contribution in [0.2, 0.25) is 0 Å². The van der Waals surface area contributed by atoms with Crippen LogP contribution in [0.15, 0.2) is 36.7 Å². The zero-order valence-corrected chi connectivity index (χ0v) is 10.3. The molecule has 0 aliphatic rings. The Kier molecular flexibility index (Phi) is 3.89. The Bertz CT molecular complexity index is 588. The van der Waals surface area contributed by atoms with Crippen LogP contribution in [-0.2, 0) is 4.79 Å². The van der Waals surface area contributed by atoms with Gasteiger partial charge < -0.3 is 15.5 Å². The van der Waals surface area contributed by atoms with Gasteiger partial charge >= 0.3 is 0 Å². The number of nitrogens with one attached hydrogen (secondary N) is 2. The number of hydrogen-bond donors (Lipinski definition) is 3. The van der Waals surface area contributed by atoms with Crippen molar-refractivity contribution < 1.29 is 9.53 Å². The van der Waals surface area contributed by atoms with Crippen molar-refractivity contribution in [3.05, 3.63) is 36.7 Å². The van der Waals surface area contributed by atoms with Gasteiger partial charge in [0.1, 0.15) is 12.1 Å². The minimum Gasteiger partial charge on any atom is -0.437 e. The summed E-state index contributed by atoms with van der Waals surface area (Å²) in [5.41, 5.74) is 2.96. The molecule has 1 heterocycles. The highest BCUT2D eigenvalue weighted by Gasteiger charge is 2.07. The number of rotatable bonds is 4. The van der Waals surface area contributed by atoms with Crippen LogP contribution in [0.1, 0.15) is 6.92 Å². The van der Waals surface area contributed by atoms with E-state index in [0.29, 0.717) is 23.1 Å². The largest absolute Gasteiger partial charge is 0.437 e. The zero-order valence-electron chi connectivity index (χ0n) is 10.3. The summed E-state index contributed by atoms with van der Waals surface area (Å²) in [6.45, 7) is 1.43. The van der Waals surface area contributed by atoms with Crippen LogP contribution in [0, 0.1) is 0 Å². The molecule has 0 aliphatic carbocycles. The highest BCUT2D eigenvalue weighted by molar-refractivity contribution is 5.90. The second-order valence-electron chi connectivity index (χ2n) is 3.67. The normalized spacial score (nSPS) is 9.79. The van der Waals surface area contributed by atoms with Gasteiger partial charge in [0, 0.05) is 13.0 Å². The number of aromatic nitrogens is 2. The predicted molar refractivity (Wildman–Crippen MR) is 70.7 cm³/mol. The number of nitrogen functional groups attached to an aromatic ring is 1. The van der Waals surface area contributed by atoms with Crippen molar-refractivity contribution >= 4 is 17.4 Å². The molecule has 0 atom stereocenters. The van der Waals surface area contributed by atoms with Crippen molar-refractivity contribution in [3.8, 4) is 11.6 Å². The first-order chi connectivity index (χ1) is 9.19. The molecule has 98 valence electrons. The monoisotopic (exact) mass is 259 g/mol. The maximum absolute atomic E-state index is 11.1. The standard InChI is InChI=1S/C12H13N5O2/c1-8(18)16-9-4-2-3-5-10(9)19-12-6-11(17-13)14-7-15-12/h2-7H,13H2,1H3,(H,16,18)(H,14,15,17). The second-order valence-corrected chi connectivity index (χ2v) is 3.67. The van der Waals surface area contributed by atoms with E-state index < -0.39 is 0 Å². The summed E-state index contributed by atoms with van der Waals surface area (Å²) in [4.78, 5) is 18.9. The topological polar surface area (TPSA) is 102 Å². The highest BCUT2D eigenvalue weighted by atomic mass is 16.5. The molecule has 1 amide bonds. The number of hydrazine groups is 1. The van der Waals surface area contributed by atoms with Crippen molar-refractivity contribution in [3.63, 3.8) is 0 Å². The van der Waals surface area contributed by atoms with Crippen LogP contribution in [0.3, 0.4) is 0 Å². The van der Waals surface area contributed by atoms with Crippen LogP contribution < -0.4 is 21.3 Å². The molecule has 7 heteroatoms. The van der Waals surface area contributed by atoms with E-state index in [-0.39, 0.29) is 5.91 Å². The molecule has 0 bridgehead atoms. The Morgan fingerprint density at radius 1 is 1.32 bits per heavy atom. The Morgan fingerprint density at radius 2 is 2.11 bits per heavy atom. The fraction of sp³-hybridized carbons (Fsp3) is 0.0833. The zero-order chi connectivity index (χ0) is 13.7. The van der Waals surface area contributed by atoms with Crippen molar-refractivity contribution in [2.45, 2.75) is 6.92 Å². The van der Waals surface area contributed by atoms with Gasteiger partial charge in [0.05, 0.1) is 5.69 Å². The van der Waals surface area contributed by atoms with Gasteiger partial charge in [-0.15, -0.1) is 0 Å². The molecule has 0 unspecified atom stereocenters. The lowest BCUT2D eigenvalue weighted by atomic mass is 10.3. The third kappa shape index (κ3) is 3.39. The molecule has 19 heavy (non-hydrogen) atoms. The molecule has 0 saturated heterocycles. The van der Waals surface area contributed by atoms with Crippen molar-refractivity contribution in [2.24, 2.45) is 5.84 Å². The number of carbonyl (C=O) groups is 1. The van der Waals surface area contributed by atoms with Crippen LogP contribution in [0.5, 0.6) is 11.6 Å². The Balaban J connectivity index is 2.24. The van der Waals surface area contributed by atoms with Crippen molar-refractivity contribution in [1.29, 1.82) is 0 Å². The number of anilines is 2. The number of nitrogens with zero attached hydrogens (tertiary/aromatic N) is 2. The van der Waals surface area contributed by atoms with Gasteiger partial charge in [-0.1, -0.05) is 12.1 Å². The molecule has 1 aromatic carbocycles.